The molecule has 0 radical (unpaired) electrons. The lowest BCUT2D eigenvalue weighted by molar-refractivity contribution is 0.774. The van der Waals surface area contributed by atoms with Gasteiger partial charge in [-0.25, -0.2) is 0 Å². The average molecular weight is 227 g/mol. The minimum atomic E-state index is -0.0722. The van der Waals surface area contributed by atoms with E-state index in [-0.39, 0.29) is 6.04 Å². The predicted octanol–water partition coefficient (Wildman–Crippen LogP) is 1.39. The normalized spacial score (nSPS) is 13.4. The summed E-state index contributed by atoms with van der Waals surface area (Å²) in [6.45, 7) is 1.91. The first-order valence-corrected chi connectivity index (χ1v) is 5.88. The van der Waals surface area contributed by atoms with E-state index in [9.17, 15) is 0 Å². The number of nitrogens with one attached hydrogen (secondary N) is 1. The highest BCUT2D eigenvalue weighted by molar-refractivity contribution is 8.13. The largest absolute Gasteiger partial charge is 0.272 e. The standard InChI is InChI=1S/C7H9N5S2/c1-5(6-3-14-12-11-6)10-7(13-2)9-4-8/h3,5H,1-2H3,(H,9,10). The molecule has 1 unspecified atom stereocenters. The van der Waals surface area contributed by atoms with Crippen molar-refractivity contribution in [3.63, 3.8) is 0 Å². The van der Waals surface area contributed by atoms with E-state index in [1.807, 2.05) is 24.8 Å². The maximum atomic E-state index is 8.43. The zero-order valence-corrected chi connectivity index (χ0v) is 9.39. The third kappa shape index (κ3) is 2.97. The first kappa shape index (κ1) is 10.9. The SMILES string of the molecule is CSC(=NC(C)c1csnn1)NC#N. The van der Waals surface area contributed by atoms with Gasteiger partial charge in [0.1, 0.15) is 0 Å². The van der Waals surface area contributed by atoms with Crippen molar-refractivity contribution in [1.29, 1.82) is 5.26 Å². The lowest BCUT2D eigenvalue weighted by Crippen LogP contribution is -2.14. The molecule has 1 aromatic rings. The van der Waals surface area contributed by atoms with Gasteiger partial charge in [-0.3, -0.25) is 10.3 Å². The summed E-state index contributed by atoms with van der Waals surface area (Å²) < 4.78 is 3.75. The molecule has 14 heavy (non-hydrogen) atoms. The van der Waals surface area contributed by atoms with Gasteiger partial charge >= 0.3 is 0 Å². The van der Waals surface area contributed by atoms with E-state index < -0.39 is 0 Å². The fourth-order valence-electron chi connectivity index (χ4n) is 0.780. The molecule has 0 aliphatic carbocycles. The van der Waals surface area contributed by atoms with Gasteiger partial charge in [0.25, 0.3) is 0 Å². The van der Waals surface area contributed by atoms with Crippen LogP contribution in [-0.4, -0.2) is 21.0 Å². The molecule has 0 saturated heterocycles. The van der Waals surface area contributed by atoms with Gasteiger partial charge in [0.2, 0.25) is 0 Å². The first-order chi connectivity index (χ1) is 6.77. The number of nitrogens with zero attached hydrogens (tertiary/aromatic N) is 4. The molecule has 1 N–H and O–H groups in total. The van der Waals surface area contributed by atoms with Gasteiger partial charge < -0.3 is 0 Å². The van der Waals surface area contributed by atoms with E-state index >= 15 is 0 Å². The Morgan fingerprint density at radius 1 is 1.86 bits per heavy atom. The van der Waals surface area contributed by atoms with Crippen LogP contribution < -0.4 is 5.32 Å². The number of aliphatic imine (C=N–C) groups is 1. The van der Waals surface area contributed by atoms with Crippen molar-refractivity contribution in [2.45, 2.75) is 13.0 Å². The van der Waals surface area contributed by atoms with Crippen LogP contribution in [0.2, 0.25) is 0 Å². The molecular weight excluding hydrogens is 218 g/mol. The van der Waals surface area contributed by atoms with Crippen molar-refractivity contribution in [3.8, 4) is 6.19 Å². The van der Waals surface area contributed by atoms with Crippen molar-refractivity contribution >= 4 is 28.5 Å². The highest BCUT2D eigenvalue weighted by Crippen LogP contribution is 2.15. The number of aromatic nitrogens is 2. The second-order valence-electron chi connectivity index (χ2n) is 2.38. The van der Waals surface area contributed by atoms with Gasteiger partial charge in [-0.2, -0.15) is 5.26 Å². The van der Waals surface area contributed by atoms with Crippen LogP contribution in [0, 0.1) is 11.5 Å². The summed E-state index contributed by atoms with van der Waals surface area (Å²) in [5, 5.41) is 17.3. The van der Waals surface area contributed by atoms with Gasteiger partial charge in [0.05, 0.1) is 11.7 Å². The minimum absolute atomic E-state index is 0.0722. The van der Waals surface area contributed by atoms with Crippen molar-refractivity contribution in [2.24, 2.45) is 4.99 Å². The monoisotopic (exact) mass is 227 g/mol. The number of amidine groups is 1. The molecule has 0 bridgehead atoms. The summed E-state index contributed by atoms with van der Waals surface area (Å²) in [5.41, 5.74) is 0.821. The molecule has 0 fully saturated rings. The van der Waals surface area contributed by atoms with Crippen LogP contribution >= 0.6 is 23.3 Å². The Balaban J connectivity index is 2.71. The van der Waals surface area contributed by atoms with E-state index in [0.29, 0.717) is 5.17 Å². The third-order valence-electron chi connectivity index (χ3n) is 1.47. The Kier molecular flexibility index (Phi) is 4.35. The lowest BCUT2D eigenvalue weighted by atomic mass is 10.3. The van der Waals surface area contributed by atoms with E-state index in [2.05, 4.69) is 19.9 Å². The molecule has 1 aromatic heterocycles. The van der Waals surface area contributed by atoms with Crippen molar-refractivity contribution in [2.75, 3.05) is 6.26 Å². The number of rotatable bonds is 2. The average Bonchev–Trinajstić information content (AvgIpc) is 2.69. The summed E-state index contributed by atoms with van der Waals surface area (Å²) in [5.74, 6) is 0. The Morgan fingerprint density at radius 2 is 2.64 bits per heavy atom. The van der Waals surface area contributed by atoms with Crippen LogP contribution in [0.3, 0.4) is 0 Å². The van der Waals surface area contributed by atoms with Gasteiger partial charge in [-0.1, -0.05) is 16.3 Å². The van der Waals surface area contributed by atoms with Gasteiger partial charge in [0, 0.05) is 5.38 Å². The fourth-order valence-corrected chi connectivity index (χ4v) is 1.73. The molecule has 74 valence electrons. The second kappa shape index (κ2) is 5.57. The van der Waals surface area contributed by atoms with Crippen LogP contribution in [0.5, 0.6) is 0 Å². The summed E-state index contributed by atoms with van der Waals surface area (Å²) in [4.78, 5) is 4.28. The van der Waals surface area contributed by atoms with Gasteiger partial charge in [0.15, 0.2) is 11.4 Å². The molecule has 0 spiro atoms. The molecular formula is C7H9N5S2. The molecule has 1 heterocycles. The zero-order chi connectivity index (χ0) is 10.4. The Labute approximate surface area is 90.4 Å². The summed E-state index contributed by atoms with van der Waals surface area (Å²) in [6.07, 6.45) is 3.69. The highest BCUT2D eigenvalue weighted by Gasteiger charge is 2.07. The van der Waals surface area contributed by atoms with E-state index in [1.165, 1.54) is 23.3 Å². The number of thioether (sulfide) groups is 1. The molecule has 1 rings (SSSR count). The number of hydrogen-bond donors (Lipinski definition) is 1. The lowest BCUT2D eigenvalue weighted by Gasteiger charge is -2.04. The molecule has 0 saturated carbocycles. The molecule has 5 nitrogen and oxygen atoms in total. The van der Waals surface area contributed by atoms with Crippen LogP contribution in [0.1, 0.15) is 18.7 Å². The second-order valence-corrected chi connectivity index (χ2v) is 3.79. The van der Waals surface area contributed by atoms with Gasteiger partial charge in [-0.05, 0) is 24.7 Å². The Hall–Kier alpha value is -1.13. The van der Waals surface area contributed by atoms with Crippen molar-refractivity contribution in [1.82, 2.24) is 14.9 Å². The van der Waals surface area contributed by atoms with Crippen LogP contribution in [-0.2, 0) is 0 Å². The molecule has 7 heteroatoms. The van der Waals surface area contributed by atoms with Crippen molar-refractivity contribution < 1.29 is 0 Å². The van der Waals surface area contributed by atoms with Crippen LogP contribution in [0.4, 0.5) is 0 Å². The highest BCUT2D eigenvalue weighted by atomic mass is 32.2. The quantitative estimate of drug-likeness (QED) is 0.358. The summed E-state index contributed by atoms with van der Waals surface area (Å²) >= 11 is 2.69. The molecule has 0 aliphatic heterocycles. The van der Waals surface area contributed by atoms with E-state index in [1.54, 1.807) is 0 Å². The zero-order valence-electron chi connectivity index (χ0n) is 7.76. The Morgan fingerprint density at radius 3 is 3.14 bits per heavy atom. The molecule has 0 aliphatic rings. The third-order valence-corrected chi connectivity index (χ3v) is 2.59. The molecule has 1 atom stereocenters. The van der Waals surface area contributed by atoms with Crippen LogP contribution in [0.15, 0.2) is 10.4 Å². The minimum Gasteiger partial charge on any atom is -0.272 e. The Bertz CT molecular complexity index is 339. The fraction of sp³-hybridized carbons (Fsp3) is 0.429. The van der Waals surface area contributed by atoms with Gasteiger partial charge in [-0.15, -0.1) is 5.10 Å². The van der Waals surface area contributed by atoms with Crippen LogP contribution in [0.25, 0.3) is 0 Å². The number of nitriles is 1. The molecule has 0 aromatic carbocycles. The topological polar surface area (TPSA) is 74.0 Å². The van der Waals surface area contributed by atoms with E-state index in [0.717, 1.165) is 5.69 Å². The predicted molar refractivity (Wildman–Crippen MR) is 58.0 cm³/mol. The number of hydrogen-bond acceptors (Lipinski definition) is 6. The summed E-state index contributed by atoms with van der Waals surface area (Å²) in [6, 6.07) is -0.0722. The summed E-state index contributed by atoms with van der Waals surface area (Å²) in [7, 11) is 0. The smallest absolute Gasteiger partial charge is 0.183 e. The van der Waals surface area contributed by atoms with E-state index in [4.69, 9.17) is 5.26 Å². The molecule has 0 amide bonds. The van der Waals surface area contributed by atoms with Crippen molar-refractivity contribution in [3.05, 3.63) is 11.1 Å². The maximum absolute atomic E-state index is 8.43. The first-order valence-electron chi connectivity index (χ1n) is 3.81. The maximum Gasteiger partial charge on any atom is 0.183 e.